The fraction of sp³-hybridized carbons (Fsp3) is 0.368. The van der Waals surface area contributed by atoms with E-state index in [2.05, 4.69) is 10.3 Å². The van der Waals surface area contributed by atoms with Crippen molar-refractivity contribution >= 4 is 15.9 Å². The lowest BCUT2D eigenvalue weighted by atomic mass is 9.92. The molecule has 0 aliphatic carbocycles. The van der Waals surface area contributed by atoms with E-state index < -0.39 is 9.84 Å². The number of rotatable bonds is 5. The summed E-state index contributed by atoms with van der Waals surface area (Å²) in [6, 6.07) is 10.4. The lowest BCUT2D eigenvalue weighted by Crippen LogP contribution is -2.53. The number of pyridine rings is 1. The standard InChI is InChI=1S/C19H23N3O3S/c1-3-18(15-4-6-17(7-5-15)26(2,24)25)21-19(23)22-12-16(13-22)14-8-10-20-11-9-14/h4-11,16,18H,3,12-13H2,1-2H3,(H,21,23)/t18-/m1/s1. The fourth-order valence-corrected chi connectivity index (χ4v) is 3.73. The highest BCUT2D eigenvalue weighted by molar-refractivity contribution is 7.90. The lowest BCUT2D eigenvalue weighted by molar-refractivity contribution is 0.147. The Bertz CT molecular complexity index is 861. The summed E-state index contributed by atoms with van der Waals surface area (Å²) >= 11 is 0. The van der Waals surface area contributed by atoms with Crippen LogP contribution in [0.3, 0.4) is 0 Å². The summed E-state index contributed by atoms with van der Waals surface area (Å²) in [5.74, 6) is 0.359. The summed E-state index contributed by atoms with van der Waals surface area (Å²) in [6.45, 7) is 3.38. The molecule has 0 spiro atoms. The first-order valence-electron chi connectivity index (χ1n) is 8.64. The van der Waals surface area contributed by atoms with Gasteiger partial charge in [-0.25, -0.2) is 13.2 Å². The summed E-state index contributed by atoms with van der Waals surface area (Å²) in [5.41, 5.74) is 2.10. The summed E-state index contributed by atoms with van der Waals surface area (Å²) in [7, 11) is -3.22. The van der Waals surface area contributed by atoms with Crippen molar-refractivity contribution in [3.05, 3.63) is 59.9 Å². The number of urea groups is 1. The fourth-order valence-electron chi connectivity index (χ4n) is 3.10. The molecule has 0 saturated carbocycles. The topological polar surface area (TPSA) is 79.4 Å². The number of carbonyl (C=O) groups excluding carboxylic acids is 1. The van der Waals surface area contributed by atoms with Gasteiger partial charge in [-0.15, -0.1) is 0 Å². The SMILES string of the molecule is CC[C@@H](NC(=O)N1CC(c2ccncc2)C1)c1ccc(S(C)(=O)=O)cc1. The monoisotopic (exact) mass is 373 g/mol. The number of likely N-dealkylation sites (tertiary alicyclic amines) is 1. The Hall–Kier alpha value is -2.41. The van der Waals surface area contributed by atoms with E-state index in [0.717, 1.165) is 12.0 Å². The van der Waals surface area contributed by atoms with Crippen LogP contribution in [0.4, 0.5) is 4.79 Å². The van der Waals surface area contributed by atoms with Crippen LogP contribution in [0, 0.1) is 0 Å². The molecule has 2 amide bonds. The molecule has 138 valence electrons. The third-order valence-corrected chi connectivity index (χ3v) is 5.89. The maximum atomic E-state index is 12.5. The van der Waals surface area contributed by atoms with Crippen LogP contribution in [0.5, 0.6) is 0 Å². The van der Waals surface area contributed by atoms with Crippen molar-refractivity contribution in [3.63, 3.8) is 0 Å². The van der Waals surface area contributed by atoms with E-state index in [1.54, 1.807) is 41.6 Å². The van der Waals surface area contributed by atoms with Crippen molar-refractivity contribution in [1.82, 2.24) is 15.2 Å². The second kappa shape index (κ2) is 7.45. The van der Waals surface area contributed by atoms with E-state index in [9.17, 15) is 13.2 Å². The molecule has 1 fully saturated rings. The smallest absolute Gasteiger partial charge is 0.317 e. The van der Waals surface area contributed by atoms with Gasteiger partial charge in [0.2, 0.25) is 0 Å². The van der Waals surface area contributed by atoms with Crippen LogP contribution in [0.15, 0.2) is 53.7 Å². The van der Waals surface area contributed by atoms with Crippen molar-refractivity contribution in [2.24, 2.45) is 0 Å². The predicted molar refractivity (Wildman–Crippen MR) is 99.7 cm³/mol. The molecule has 3 rings (SSSR count). The predicted octanol–water partition coefficient (Wildman–Crippen LogP) is 2.75. The van der Waals surface area contributed by atoms with Gasteiger partial charge in [0.1, 0.15) is 0 Å². The van der Waals surface area contributed by atoms with Crippen LogP contribution >= 0.6 is 0 Å². The first-order valence-corrected chi connectivity index (χ1v) is 10.5. The second-order valence-corrected chi connectivity index (χ2v) is 8.65. The first kappa shape index (κ1) is 18.4. The quantitative estimate of drug-likeness (QED) is 0.874. The lowest BCUT2D eigenvalue weighted by Gasteiger charge is -2.40. The van der Waals surface area contributed by atoms with Gasteiger partial charge in [0.05, 0.1) is 10.9 Å². The van der Waals surface area contributed by atoms with Gasteiger partial charge in [-0.3, -0.25) is 4.98 Å². The van der Waals surface area contributed by atoms with Gasteiger partial charge in [-0.1, -0.05) is 19.1 Å². The molecule has 1 N–H and O–H groups in total. The number of nitrogens with one attached hydrogen (secondary N) is 1. The zero-order valence-corrected chi connectivity index (χ0v) is 15.7. The molecule has 1 aliphatic rings. The molecule has 7 heteroatoms. The maximum absolute atomic E-state index is 12.5. The molecule has 26 heavy (non-hydrogen) atoms. The summed E-state index contributed by atoms with van der Waals surface area (Å²) in [5, 5.41) is 3.04. The van der Waals surface area contributed by atoms with Crippen molar-refractivity contribution in [2.75, 3.05) is 19.3 Å². The maximum Gasteiger partial charge on any atom is 0.317 e. The first-order chi connectivity index (χ1) is 12.4. The van der Waals surface area contributed by atoms with Gasteiger partial charge in [-0.05, 0) is 41.8 Å². The summed E-state index contributed by atoms with van der Waals surface area (Å²) in [4.78, 5) is 18.6. The van der Waals surface area contributed by atoms with Crippen LogP contribution in [-0.2, 0) is 9.84 Å². The van der Waals surface area contributed by atoms with Gasteiger partial charge in [0.15, 0.2) is 9.84 Å². The summed E-state index contributed by atoms with van der Waals surface area (Å²) < 4.78 is 23.1. The Balaban J connectivity index is 1.59. The van der Waals surface area contributed by atoms with Crippen LogP contribution in [0.1, 0.15) is 36.4 Å². The Morgan fingerprint density at radius 3 is 2.35 bits per heavy atom. The molecule has 0 unspecified atom stereocenters. The van der Waals surface area contributed by atoms with E-state index in [1.807, 2.05) is 19.1 Å². The number of benzene rings is 1. The third kappa shape index (κ3) is 4.04. The Kier molecular flexibility index (Phi) is 5.27. The molecule has 0 radical (unpaired) electrons. The molecule has 2 aromatic rings. The van der Waals surface area contributed by atoms with Gasteiger partial charge in [0.25, 0.3) is 0 Å². The Morgan fingerprint density at radius 2 is 1.81 bits per heavy atom. The highest BCUT2D eigenvalue weighted by Crippen LogP contribution is 2.27. The van der Waals surface area contributed by atoms with Gasteiger partial charge >= 0.3 is 6.03 Å². The average molecular weight is 373 g/mol. The van der Waals surface area contributed by atoms with Crippen LogP contribution in [0.2, 0.25) is 0 Å². The number of hydrogen-bond acceptors (Lipinski definition) is 4. The molecule has 0 bridgehead atoms. The second-order valence-electron chi connectivity index (χ2n) is 6.63. The molecule has 1 aliphatic heterocycles. The van der Waals surface area contributed by atoms with Crippen LogP contribution in [0.25, 0.3) is 0 Å². The normalized spacial score (nSPS) is 16.0. The molecule has 2 heterocycles. The number of aromatic nitrogens is 1. The highest BCUT2D eigenvalue weighted by atomic mass is 32.2. The van der Waals surface area contributed by atoms with Gasteiger partial charge in [0, 0.05) is 37.7 Å². The van der Waals surface area contributed by atoms with Crippen LogP contribution in [-0.4, -0.2) is 43.7 Å². The minimum absolute atomic E-state index is 0.0886. The van der Waals surface area contributed by atoms with Crippen molar-refractivity contribution in [1.29, 1.82) is 0 Å². The molecule has 6 nitrogen and oxygen atoms in total. The number of hydrogen-bond donors (Lipinski definition) is 1. The van der Waals surface area contributed by atoms with E-state index in [-0.39, 0.29) is 17.0 Å². The minimum Gasteiger partial charge on any atom is -0.331 e. The van der Waals surface area contributed by atoms with Crippen molar-refractivity contribution < 1.29 is 13.2 Å². The molecule has 1 saturated heterocycles. The van der Waals surface area contributed by atoms with E-state index in [0.29, 0.717) is 19.0 Å². The molecular weight excluding hydrogens is 350 g/mol. The Labute approximate surface area is 154 Å². The van der Waals surface area contributed by atoms with Crippen LogP contribution < -0.4 is 5.32 Å². The summed E-state index contributed by atoms with van der Waals surface area (Å²) in [6.07, 6.45) is 5.45. The van der Waals surface area contributed by atoms with Gasteiger partial charge < -0.3 is 10.2 Å². The van der Waals surface area contributed by atoms with E-state index in [4.69, 9.17) is 0 Å². The molecule has 1 aromatic carbocycles. The largest absolute Gasteiger partial charge is 0.331 e. The molecule has 1 aromatic heterocycles. The average Bonchev–Trinajstić information content (AvgIpc) is 2.59. The minimum atomic E-state index is -3.22. The highest BCUT2D eigenvalue weighted by Gasteiger charge is 2.32. The third-order valence-electron chi connectivity index (χ3n) is 4.76. The molecular formula is C19H23N3O3S. The number of nitrogens with zero attached hydrogens (tertiary/aromatic N) is 2. The zero-order chi connectivity index (χ0) is 18.7. The van der Waals surface area contributed by atoms with Crippen molar-refractivity contribution in [2.45, 2.75) is 30.2 Å². The Morgan fingerprint density at radius 1 is 1.19 bits per heavy atom. The van der Waals surface area contributed by atoms with E-state index >= 15 is 0 Å². The number of amides is 2. The number of carbonyl (C=O) groups is 1. The molecule has 1 atom stereocenters. The van der Waals surface area contributed by atoms with Crippen molar-refractivity contribution in [3.8, 4) is 0 Å². The van der Waals surface area contributed by atoms with E-state index in [1.165, 1.54) is 11.8 Å². The number of sulfone groups is 1. The van der Waals surface area contributed by atoms with Gasteiger partial charge in [-0.2, -0.15) is 0 Å². The zero-order valence-electron chi connectivity index (χ0n) is 14.9.